The lowest BCUT2D eigenvalue weighted by Crippen LogP contribution is -2.65. The molecule has 2 fully saturated rings. The monoisotopic (exact) mass is 556 g/mol. The minimum absolute atomic E-state index is 0.0921. The van der Waals surface area contributed by atoms with Crippen LogP contribution in [0.4, 0.5) is 9.93 Å². The van der Waals surface area contributed by atoms with Crippen molar-refractivity contribution in [2.24, 2.45) is 4.99 Å². The summed E-state index contributed by atoms with van der Waals surface area (Å²) in [7, 11) is 1.57. The minimum atomic E-state index is -0.988. The number of piperazine rings is 1. The summed E-state index contributed by atoms with van der Waals surface area (Å²) in [4.78, 5) is 38.9. The number of thiazole rings is 1. The first-order chi connectivity index (χ1) is 18.7. The molecule has 0 bridgehead atoms. The van der Waals surface area contributed by atoms with Gasteiger partial charge in [-0.05, 0) is 43.8 Å². The van der Waals surface area contributed by atoms with Crippen molar-refractivity contribution in [1.29, 1.82) is 0 Å². The van der Waals surface area contributed by atoms with Crippen LogP contribution in [-0.4, -0.2) is 98.8 Å². The number of nitrogens with zero attached hydrogens (tertiary/aromatic N) is 6. The van der Waals surface area contributed by atoms with Crippen LogP contribution in [0.2, 0.25) is 0 Å². The predicted octanol–water partition coefficient (Wildman–Crippen LogP) is 2.25. The van der Waals surface area contributed by atoms with Crippen LogP contribution in [0.25, 0.3) is 10.2 Å². The van der Waals surface area contributed by atoms with E-state index in [1.807, 2.05) is 30.1 Å². The number of amides is 3. The van der Waals surface area contributed by atoms with Gasteiger partial charge in [0, 0.05) is 32.3 Å². The topological polar surface area (TPSA) is 151 Å². The first-order valence-electron chi connectivity index (χ1n) is 12.9. The number of aromatic nitrogens is 1. The zero-order valence-corrected chi connectivity index (χ0v) is 23.3. The Balaban J connectivity index is 1.73. The van der Waals surface area contributed by atoms with Crippen molar-refractivity contribution in [2.75, 3.05) is 32.4 Å². The summed E-state index contributed by atoms with van der Waals surface area (Å²) in [6.07, 6.45) is 2.51. The van der Waals surface area contributed by atoms with Crippen LogP contribution < -0.4 is 11.1 Å². The lowest BCUT2D eigenvalue weighted by atomic mass is 10.0. The Morgan fingerprint density at radius 2 is 2.15 bits per heavy atom. The third-order valence-electron chi connectivity index (χ3n) is 6.92. The zero-order valence-electron chi connectivity index (χ0n) is 22.4. The molecule has 5 N–H and O–H groups in total. The van der Waals surface area contributed by atoms with E-state index in [9.17, 15) is 19.8 Å². The van der Waals surface area contributed by atoms with Gasteiger partial charge in [-0.25, -0.2) is 14.7 Å². The van der Waals surface area contributed by atoms with Crippen LogP contribution in [0.1, 0.15) is 32.3 Å². The smallest absolute Gasteiger partial charge is 0.331 e. The molecular weight excluding hydrogens is 520 g/mol. The highest BCUT2D eigenvalue weighted by Crippen LogP contribution is 2.34. The molecular formula is C26H36N8O4S. The number of para-hydroxylation sites is 1. The maximum absolute atomic E-state index is 14.0. The Kier molecular flexibility index (Phi) is 8.85. The fourth-order valence-electron chi connectivity index (χ4n) is 5.20. The number of carbonyl (C=O) groups excluding carboxylic acids is 2. The second kappa shape index (κ2) is 12.1. The Bertz CT molecular complexity index is 1290. The molecule has 3 atom stereocenters. The molecule has 1 aromatic carbocycles. The number of carbonyl (C=O) groups is 2. The van der Waals surface area contributed by atoms with E-state index < -0.39 is 18.4 Å². The van der Waals surface area contributed by atoms with Crippen molar-refractivity contribution in [3.63, 3.8) is 0 Å². The zero-order chi connectivity index (χ0) is 28.3. The van der Waals surface area contributed by atoms with Crippen LogP contribution in [0.3, 0.4) is 0 Å². The molecule has 2 unspecified atom stereocenters. The molecule has 0 saturated carbocycles. The van der Waals surface area contributed by atoms with Crippen molar-refractivity contribution in [3.8, 4) is 0 Å². The van der Waals surface area contributed by atoms with Crippen molar-refractivity contribution in [1.82, 2.24) is 30.1 Å². The number of allylic oxidation sites excluding steroid dienone is 3. The lowest BCUT2D eigenvalue weighted by molar-refractivity contribution is -0.158. The highest BCUT2D eigenvalue weighted by atomic mass is 32.1. The van der Waals surface area contributed by atoms with Gasteiger partial charge in [0.25, 0.3) is 0 Å². The summed E-state index contributed by atoms with van der Waals surface area (Å²) in [5.41, 5.74) is 8.07. The standard InChI is InChI=1S/C26H36N8O4S/c1-5-11-32(26(38)29-4)33-15-22(36)34-19(12-18(28-3)10-9-16(2)35)24(37)31(14-21(33)34)13-17-7-6-8-20-23(17)30-25(27)39-20/h6-10,19,21-22,35-36H,3,5,11-15H2,1-2,4H3,(H2,27,30)(H,29,38)/b16-9+,18-10-/t19?,21-,22?/m1/s1. The first-order valence-corrected chi connectivity index (χ1v) is 13.7. The Hall–Kier alpha value is -3.52. The highest BCUT2D eigenvalue weighted by Gasteiger charge is 2.52. The van der Waals surface area contributed by atoms with Gasteiger partial charge >= 0.3 is 6.03 Å². The van der Waals surface area contributed by atoms with Gasteiger partial charge in [0.1, 0.15) is 12.4 Å². The molecule has 1 aromatic heterocycles. The fraction of sp³-hybridized carbons (Fsp3) is 0.462. The molecule has 2 aliphatic rings. The van der Waals surface area contributed by atoms with Gasteiger partial charge in [-0.1, -0.05) is 30.4 Å². The Morgan fingerprint density at radius 1 is 1.38 bits per heavy atom. The largest absolute Gasteiger partial charge is 0.513 e. The fourth-order valence-corrected chi connectivity index (χ4v) is 5.99. The number of hydrogen-bond donors (Lipinski definition) is 4. The van der Waals surface area contributed by atoms with E-state index >= 15 is 0 Å². The van der Waals surface area contributed by atoms with Gasteiger partial charge in [-0.15, -0.1) is 0 Å². The third kappa shape index (κ3) is 5.91. The number of nitrogen functional groups attached to an aromatic ring is 1. The molecule has 0 radical (unpaired) electrons. The molecule has 39 heavy (non-hydrogen) atoms. The van der Waals surface area contributed by atoms with Crippen LogP contribution >= 0.6 is 11.3 Å². The number of hydrogen-bond acceptors (Lipinski definition) is 10. The average Bonchev–Trinajstić information content (AvgIpc) is 3.45. The molecule has 0 spiro atoms. The molecule has 2 aromatic rings. The number of β-amino-alcohol motifs (C(OH)–C–C–N with tert-alkyl or cyclic N) is 1. The van der Waals surface area contributed by atoms with Crippen LogP contribution in [0.15, 0.2) is 46.8 Å². The summed E-state index contributed by atoms with van der Waals surface area (Å²) >= 11 is 1.39. The van der Waals surface area contributed by atoms with E-state index in [1.54, 1.807) is 27.9 Å². The maximum atomic E-state index is 14.0. The van der Waals surface area contributed by atoms with Crippen LogP contribution in [-0.2, 0) is 11.3 Å². The van der Waals surface area contributed by atoms with E-state index in [-0.39, 0.29) is 43.8 Å². The molecule has 13 heteroatoms. The van der Waals surface area contributed by atoms with Gasteiger partial charge < -0.3 is 26.2 Å². The van der Waals surface area contributed by atoms with E-state index in [0.29, 0.717) is 23.8 Å². The molecule has 3 amide bonds. The summed E-state index contributed by atoms with van der Waals surface area (Å²) in [6.45, 7) is 8.30. The predicted molar refractivity (Wildman–Crippen MR) is 152 cm³/mol. The number of benzene rings is 1. The molecule has 2 aliphatic heterocycles. The highest BCUT2D eigenvalue weighted by molar-refractivity contribution is 7.22. The number of aliphatic hydroxyl groups is 2. The number of hydrazine groups is 1. The number of anilines is 1. The average molecular weight is 557 g/mol. The van der Waals surface area contributed by atoms with Crippen LogP contribution in [0, 0.1) is 0 Å². The number of fused-ring (bicyclic) bond motifs is 2. The molecule has 210 valence electrons. The SMILES string of the molecule is C=N/C(=C\C=C(/C)O)CC1C(=O)N(Cc2cccc3sc(N)nc23)C[C@H]2N1C(O)CN2N(CCC)C(=O)NC. The normalized spacial score (nSPS) is 22.8. The van der Waals surface area contributed by atoms with Gasteiger partial charge in [0.05, 0.1) is 35.1 Å². The number of aliphatic imine (C=N–C) groups is 1. The van der Waals surface area contributed by atoms with Gasteiger partial charge in [0.15, 0.2) is 5.13 Å². The molecule has 12 nitrogen and oxygen atoms in total. The quantitative estimate of drug-likeness (QED) is 0.209. The summed E-state index contributed by atoms with van der Waals surface area (Å²) in [5, 5.41) is 27.4. The van der Waals surface area contributed by atoms with Gasteiger partial charge in [0.2, 0.25) is 5.91 Å². The second-order valence-electron chi connectivity index (χ2n) is 9.59. The van der Waals surface area contributed by atoms with Gasteiger partial charge in [-0.2, -0.15) is 5.01 Å². The van der Waals surface area contributed by atoms with Crippen molar-refractivity contribution < 1.29 is 19.8 Å². The van der Waals surface area contributed by atoms with Gasteiger partial charge in [-0.3, -0.25) is 14.8 Å². The van der Waals surface area contributed by atoms with E-state index in [2.05, 4.69) is 22.0 Å². The number of urea groups is 1. The number of nitrogens with two attached hydrogens (primary N) is 1. The maximum Gasteiger partial charge on any atom is 0.331 e. The van der Waals surface area contributed by atoms with Crippen molar-refractivity contribution in [3.05, 3.63) is 47.4 Å². The van der Waals surface area contributed by atoms with Crippen molar-refractivity contribution >= 4 is 45.3 Å². The molecule has 3 heterocycles. The van der Waals surface area contributed by atoms with Crippen molar-refractivity contribution in [2.45, 2.75) is 51.7 Å². The number of aliphatic hydroxyl groups excluding tert-OH is 2. The summed E-state index contributed by atoms with van der Waals surface area (Å²) in [5.74, 6) is -0.0944. The van der Waals surface area contributed by atoms with E-state index in [0.717, 1.165) is 15.8 Å². The third-order valence-corrected chi connectivity index (χ3v) is 7.77. The summed E-state index contributed by atoms with van der Waals surface area (Å²) < 4.78 is 0.937. The lowest BCUT2D eigenvalue weighted by Gasteiger charge is -2.46. The molecule has 4 rings (SSSR count). The van der Waals surface area contributed by atoms with E-state index in [4.69, 9.17) is 5.73 Å². The van der Waals surface area contributed by atoms with E-state index in [1.165, 1.54) is 24.3 Å². The number of rotatable bonds is 9. The molecule has 0 aliphatic carbocycles. The first kappa shape index (κ1) is 28.5. The van der Waals surface area contributed by atoms with Crippen LogP contribution in [0.5, 0.6) is 0 Å². The minimum Gasteiger partial charge on any atom is -0.513 e. The molecule has 2 saturated heterocycles. The summed E-state index contributed by atoms with van der Waals surface area (Å²) in [6, 6.07) is 4.72. The Labute approximate surface area is 231 Å². The number of nitrogens with one attached hydrogen (secondary N) is 1. The second-order valence-corrected chi connectivity index (χ2v) is 10.6. The Morgan fingerprint density at radius 3 is 2.82 bits per heavy atom.